The highest BCUT2D eigenvalue weighted by molar-refractivity contribution is 7.89. The number of hydrogen-bond acceptors (Lipinski definition) is 3. The number of sulfonamides is 1. The first-order valence-electron chi connectivity index (χ1n) is 13.1. The Bertz CT molecular complexity index is 1290. The summed E-state index contributed by atoms with van der Waals surface area (Å²) in [5, 5.41) is 0. The lowest BCUT2D eigenvalue weighted by atomic mass is 9.73. The highest BCUT2D eigenvalue weighted by atomic mass is 32.2. The number of aryl methyl sites for hydroxylation is 3. The summed E-state index contributed by atoms with van der Waals surface area (Å²) < 4.78 is 29.2. The molecule has 0 bridgehead atoms. The van der Waals surface area contributed by atoms with Crippen LogP contribution in [0.15, 0.2) is 77.7 Å². The molecule has 1 amide bonds. The Labute approximate surface area is 221 Å². The van der Waals surface area contributed by atoms with Gasteiger partial charge in [0.15, 0.2) is 0 Å². The Morgan fingerprint density at radius 2 is 1.46 bits per heavy atom. The summed E-state index contributed by atoms with van der Waals surface area (Å²) in [4.78, 5) is 12.8. The average Bonchev–Trinajstić information content (AvgIpc) is 2.88. The van der Waals surface area contributed by atoms with Crippen LogP contribution < -0.4 is 5.73 Å². The van der Waals surface area contributed by atoms with E-state index in [1.165, 1.54) is 0 Å². The van der Waals surface area contributed by atoms with Gasteiger partial charge in [0.1, 0.15) is 0 Å². The van der Waals surface area contributed by atoms with Crippen molar-refractivity contribution in [2.24, 2.45) is 17.6 Å². The fraction of sp³-hybridized carbons (Fsp3) is 0.387. The van der Waals surface area contributed by atoms with Gasteiger partial charge in [0.2, 0.25) is 15.9 Å². The summed E-state index contributed by atoms with van der Waals surface area (Å²) >= 11 is 0. The van der Waals surface area contributed by atoms with Crippen molar-refractivity contribution in [2.75, 3.05) is 6.54 Å². The Morgan fingerprint density at radius 1 is 0.865 bits per heavy atom. The molecule has 0 radical (unpaired) electrons. The molecule has 1 atom stereocenters. The van der Waals surface area contributed by atoms with Gasteiger partial charge in [-0.15, -0.1) is 0 Å². The predicted molar refractivity (Wildman–Crippen MR) is 149 cm³/mol. The molecule has 5 nitrogen and oxygen atoms in total. The van der Waals surface area contributed by atoms with E-state index in [0.717, 1.165) is 53.5 Å². The molecular formula is C31H38N2O3S. The maximum Gasteiger partial charge on any atom is 0.243 e. The van der Waals surface area contributed by atoms with Gasteiger partial charge in [0, 0.05) is 13.1 Å². The van der Waals surface area contributed by atoms with Gasteiger partial charge in [-0.1, -0.05) is 66.2 Å². The molecule has 196 valence electrons. The Kier molecular flexibility index (Phi) is 8.50. The first-order chi connectivity index (χ1) is 17.7. The predicted octanol–water partition coefficient (Wildman–Crippen LogP) is 5.88. The van der Waals surface area contributed by atoms with E-state index in [1.54, 1.807) is 28.6 Å². The van der Waals surface area contributed by atoms with Gasteiger partial charge in [-0.2, -0.15) is 4.31 Å². The Hall–Kier alpha value is -2.96. The topological polar surface area (TPSA) is 80.5 Å². The number of benzene rings is 3. The second-order valence-corrected chi connectivity index (χ2v) is 12.5. The second-order valence-electron chi connectivity index (χ2n) is 10.6. The molecule has 0 spiro atoms. The van der Waals surface area contributed by atoms with Crippen molar-refractivity contribution in [3.8, 4) is 0 Å². The highest BCUT2D eigenvalue weighted by Crippen LogP contribution is 2.39. The molecule has 3 aromatic carbocycles. The lowest BCUT2D eigenvalue weighted by molar-refractivity contribution is -0.121. The molecule has 1 saturated carbocycles. The maximum atomic E-state index is 13.8. The largest absolute Gasteiger partial charge is 0.369 e. The van der Waals surface area contributed by atoms with E-state index < -0.39 is 10.0 Å². The molecule has 37 heavy (non-hydrogen) atoms. The van der Waals surface area contributed by atoms with Crippen molar-refractivity contribution in [1.82, 2.24) is 4.31 Å². The van der Waals surface area contributed by atoms with Crippen molar-refractivity contribution < 1.29 is 13.2 Å². The zero-order chi connectivity index (χ0) is 26.6. The molecule has 1 aliphatic rings. The second kappa shape index (κ2) is 11.6. The van der Waals surface area contributed by atoms with E-state index in [1.807, 2.05) is 69.3 Å². The minimum atomic E-state index is -3.66. The average molecular weight is 519 g/mol. The Morgan fingerprint density at radius 3 is 2.03 bits per heavy atom. The summed E-state index contributed by atoms with van der Waals surface area (Å²) in [7, 11) is -3.66. The van der Waals surface area contributed by atoms with Gasteiger partial charge in [-0.25, -0.2) is 8.42 Å². The SMILES string of the molecule is Cc1ccc(C(C(N)=O)C2CCC(CN(Cc3c(C)cccc3C)S(=O)(=O)c3ccccc3)CC2)cc1. The normalized spacial score (nSPS) is 19.0. The summed E-state index contributed by atoms with van der Waals surface area (Å²) in [5.74, 6) is -0.184. The number of hydrogen-bond donors (Lipinski definition) is 1. The van der Waals surface area contributed by atoms with Crippen LogP contribution in [-0.2, 0) is 21.4 Å². The lowest BCUT2D eigenvalue weighted by Crippen LogP contribution is -2.38. The molecule has 0 aromatic heterocycles. The van der Waals surface area contributed by atoms with Crippen LogP contribution in [0.25, 0.3) is 0 Å². The quantitative estimate of drug-likeness (QED) is 0.384. The maximum absolute atomic E-state index is 13.8. The summed E-state index contributed by atoms with van der Waals surface area (Å²) in [5.41, 5.74) is 11.2. The van der Waals surface area contributed by atoms with Crippen LogP contribution in [0.3, 0.4) is 0 Å². The third-order valence-electron chi connectivity index (χ3n) is 7.93. The van der Waals surface area contributed by atoms with Crippen LogP contribution in [0, 0.1) is 32.6 Å². The van der Waals surface area contributed by atoms with Crippen LogP contribution in [0.1, 0.15) is 59.4 Å². The van der Waals surface area contributed by atoms with Crippen LogP contribution in [0.2, 0.25) is 0 Å². The van der Waals surface area contributed by atoms with Gasteiger partial charge in [-0.05, 0) is 92.7 Å². The molecule has 0 saturated heterocycles. The number of rotatable bonds is 9. The Balaban J connectivity index is 1.53. The molecule has 1 unspecified atom stereocenters. The molecule has 2 N–H and O–H groups in total. The number of carbonyl (C=O) groups is 1. The zero-order valence-corrected chi connectivity index (χ0v) is 22.9. The van der Waals surface area contributed by atoms with Gasteiger partial charge in [0.25, 0.3) is 0 Å². The molecule has 1 aliphatic carbocycles. The summed E-state index contributed by atoms with van der Waals surface area (Å²) in [6, 6.07) is 22.9. The smallest absolute Gasteiger partial charge is 0.243 e. The van der Waals surface area contributed by atoms with Crippen LogP contribution in [0.4, 0.5) is 0 Å². The van der Waals surface area contributed by atoms with E-state index in [4.69, 9.17) is 5.73 Å². The lowest BCUT2D eigenvalue weighted by Gasteiger charge is -2.35. The van der Waals surface area contributed by atoms with Crippen LogP contribution in [0.5, 0.6) is 0 Å². The molecule has 6 heteroatoms. The number of nitrogens with two attached hydrogens (primary N) is 1. The first kappa shape index (κ1) is 27.1. The van der Waals surface area contributed by atoms with E-state index in [-0.39, 0.29) is 23.7 Å². The monoisotopic (exact) mass is 518 g/mol. The van der Waals surface area contributed by atoms with E-state index in [9.17, 15) is 13.2 Å². The van der Waals surface area contributed by atoms with Crippen molar-refractivity contribution in [3.05, 3.63) is 101 Å². The molecule has 3 aromatic rings. The fourth-order valence-corrected chi connectivity index (χ4v) is 7.20. The molecule has 0 heterocycles. The van der Waals surface area contributed by atoms with E-state index in [2.05, 4.69) is 0 Å². The number of primary amides is 1. The van der Waals surface area contributed by atoms with Crippen molar-refractivity contribution in [1.29, 1.82) is 0 Å². The molecular weight excluding hydrogens is 480 g/mol. The van der Waals surface area contributed by atoms with Gasteiger partial charge in [-0.3, -0.25) is 4.79 Å². The van der Waals surface area contributed by atoms with Gasteiger partial charge >= 0.3 is 0 Å². The molecule has 4 rings (SSSR count). The van der Waals surface area contributed by atoms with E-state index >= 15 is 0 Å². The standard InChI is InChI=1S/C31H38N2O3S/c1-22-12-16-26(17-13-22)30(31(32)34)27-18-14-25(15-19-27)20-33(21-29-23(2)8-7-9-24(29)3)37(35,36)28-10-5-4-6-11-28/h4-13,16-17,25,27,30H,14-15,18-21H2,1-3H3,(H2,32,34). The fourth-order valence-electron chi connectivity index (χ4n) is 5.70. The highest BCUT2D eigenvalue weighted by Gasteiger charge is 2.34. The van der Waals surface area contributed by atoms with Crippen molar-refractivity contribution in [3.63, 3.8) is 0 Å². The summed E-state index contributed by atoms with van der Waals surface area (Å²) in [6.45, 7) is 6.92. The third kappa shape index (κ3) is 6.31. The number of nitrogens with zero attached hydrogens (tertiary/aromatic N) is 1. The van der Waals surface area contributed by atoms with Gasteiger partial charge < -0.3 is 5.73 Å². The van der Waals surface area contributed by atoms with Crippen molar-refractivity contribution in [2.45, 2.75) is 63.8 Å². The molecule has 1 fully saturated rings. The minimum absolute atomic E-state index is 0.175. The van der Waals surface area contributed by atoms with E-state index in [0.29, 0.717) is 18.0 Å². The first-order valence-corrected chi connectivity index (χ1v) is 14.6. The number of carbonyl (C=O) groups excluding carboxylic acids is 1. The van der Waals surface area contributed by atoms with Crippen molar-refractivity contribution >= 4 is 15.9 Å². The third-order valence-corrected chi connectivity index (χ3v) is 9.75. The van der Waals surface area contributed by atoms with Gasteiger partial charge in [0.05, 0.1) is 10.8 Å². The minimum Gasteiger partial charge on any atom is -0.369 e. The van der Waals surface area contributed by atoms with Crippen LogP contribution >= 0.6 is 0 Å². The van der Waals surface area contributed by atoms with Crippen LogP contribution in [-0.4, -0.2) is 25.2 Å². The zero-order valence-electron chi connectivity index (χ0n) is 22.1. The molecule has 0 aliphatic heterocycles. The number of amides is 1. The summed E-state index contributed by atoms with van der Waals surface area (Å²) in [6.07, 6.45) is 3.45.